The van der Waals surface area contributed by atoms with Crippen molar-refractivity contribution in [3.05, 3.63) is 23.2 Å². The molecule has 1 heterocycles. The summed E-state index contributed by atoms with van der Waals surface area (Å²) in [6.45, 7) is 3.65. The van der Waals surface area contributed by atoms with Crippen LogP contribution in [0.5, 0.6) is 0 Å². The van der Waals surface area contributed by atoms with Crippen molar-refractivity contribution >= 4 is 5.91 Å². The highest BCUT2D eigenvalue weighted by molar-refractivity contribution is 5.95. The Bertz CT molecular complexity index is 412. The summed E-state index contributed by atoms with van der Waals surface area (Å²) in [5.41, 5.74) is 6.64. The van der Waals surface area contributed by atoms with E-state index in [9.17, 15) is 4.79 Å². The number of hydrogen-bond acceptors (Lipinski definition) is 3. The van der Waals surface area contributed by atoms with Gasteiger partial charge in [-0.25, -0.2) is 0 Å². The highest BCUT2D eigenvalue weighted by atomic mass is 16.3. The van der Waals surface area contributed by atoms with Gasteiger partial charge < -0.3 is 15.5 Å². The standard InChI is InChI=1S/C13H20N2O2/c1-8-7-10(9(2)17-8)13(16)15-12-6-4-3-5-11(12)14/h7,11-12H,3-6,14H2,1-2H3,(H,15,16). The number of furan rings is 1. The van der Waals surface area contributed by atoms with Crippen molar-refractivity contribution < 1.29 is 9.21 Å². The first kappa shape index (κ1) is 12.2. The Hall–Kier alpha value is -1.29. The first-order valence-corrected chi connectivity index (χ1v) is 6.21. The molecule has 0 saturated heterocycles. The van der Waals surface area contributed by atoms with Crippen LogP contribution in [0.1, 0.15) is 47.6 Å². The van der Waals surface area contributed by atoms with Gasteiger partial charge >= 0.3 is 0 Å². The van der Waals surface area contributed by atoms with E-state index in [1.807, 2.05) is 13.8 Å². The monoisotopic (exact) mass is 236 g/mol. The lowest BCUT2D eigenvalue weighted by atomic mass is 9.91. The van der Waals surface area contributed by atoms with E-state index in [-0.39, 0.29) is 18.0 Å². The molecule has 3 N–H and O–H groups in total. The first-order chi connectivity index (χ1) is 8.08. The Morgan fingerprint density at radius 2 is 2.12 bits per heavy atom. The van der Waals surface area contributed by atoms with Crippen LogP contribution in [-0.4, -0.2) is 18.0 Å². The van der Waals surface area contributed by atoms with Gasteiger partial charge in [-0.2, -0.15) is 0 Å². The van der Waals surface area contributed by atoms with Gasteiger partial charge in [0, 0.05) is 12.1 Å². The lowest BCUT2D eigenvalue weighted by Gasteiger charge is -2.29. The van der Waals surface area contributed by atoms with E-state index in [1.54, 1.807) is 6.07 Å². The van der Waals surface area contributed by atoms with Crippen LogP contribution in [-0.2, 0) is 0 Å². The van der Waals surface area contributed by atoms with Crippen LogP contribution in [0.2, 0.25) is 0 Å². The molecule has 94 valence electrons. The number of nitrogens with one attached hydrogen (secondary N) is 1. The van der Waals surface area contributed by atoms with Gasteiger partial charge in [-0.1, -0.05) is 12.8 Å². The number of carbonyl (C=O) groups excluding carboxylic acids is 1. The van der Waals surface area contributed by atoms with Crippen LogP contribution in [0.4, 0.5) is 0 Å². The summed E-state index contributed by atoms with van der Waals surface area (Å²) in [5, 5.41) is 3.02. The van der Waals surface area contributed by atoms with Crippen molar-refractivity contribution in [3.63, 3.8) is 0 Å². The normalized spacial score (nSPS) is 24.6. The summed E-state index contributed by atoms with van der Waals surface area (Å²) in [5.74, 6) is 1.37. The van der Waals surface area contributed by atoms with Gasteiger partial charge in [0.1, 0.15) is 11.5 Å². The quantitative estimate of drug-likeness (QED) is 0.824. The molecule has 1 aromatic heterocycles. The molecule has 1 saturated carbocycles. The van der Waals surface area contributed by atoms with Gasteiger partial charge in [0.05, 0.1) is 5.56 Å². The molecule has 0 bridgehead atoms. The summed E-state index contributed by atoms with van der Waals surface area (Å²) in [6.07, 6.45) is 4.27. The molecule has 2 atom stereocenters. The summed E-state index contributed by atoms with van der Waals surface area (Å²) < 4.78 is 5.36. The average molecular weight is 236 g/mol. The Balaban J connectivity index is 2.03. The largest absolute Gasteiger partial charge is 0.466 e. The lowest BCUT2D eigenvalue weighted by molar-refractivity contribution is 0.0919. The predicted octanol–water partition coefficient (Wildman–Crippen LogP) is 1.90. The van der Waals surface area contributed by atoms with Gasteiger partial charge in [0.2, 0.25) is 0 Å². The average Bonchev–Trinajstić information content (AvgIpc) is 2.61. The van der Waals surface area contributed by atoms with E-state index < -0.39 is 0 Å². The maximum Gasteiger partial charge on any atom is 0.255 e. The van der Waals surface area contributed by atoms with E-state index in [4.69, 9.17) is 10.2 Å². The van der Waals surface area contributed by atoms with Crippen molar-refractivity contribution in [1.82, 2.24) is 5.32 Å². The maximum atomic E-state index is 12.1. The fourth-order valence-electron chi connectivity index (χ4n) is 2.44. The van der Waals surface area contributed by atoms with Crippen molar-refractivity contribution in [2.24, 2.45) is 5.73 Å². The SMILES string of the molecule is Cc1cc(C(=O)NC2CCCCC2N)c(C)o1. The predicted molar refractivity (Wildman–Crippen MR) is 65.9 cm³/mol. The van der Waals surface area contributed by atoms with Crippen molar-refractivity contribution in [2.75, 3.05) is 0 Å². The highest BCUT2D eigenvalue weighted by Crippen LogP contribution is 2.19. The third-order valence-corrected chi connectivity index (χ3v) is 3.42. The molecule has 17 heavy (non-hydrogen) atoms. The molecule has 0 aromatic carbocycles. The summed E-state index contributed by atoms with van der Waals surface area (Å²) in [6, 6.07) is 1.96. The molecule has 1 amide bonds. The van der Waals surface area contributed by atoms with Crippen LogP contribution in [0.15, 0.2) is 10.5 Å². The van der Waals surface area contributed by atoms with Gasteiger partial charge in [0.15, 0.2) is 0 Å². The summed E-state index contributed by atoms with van der Waals surface area (Å²) in [7, 11) is 0. The number of aryl methyl sites for hydroxylation is 2. The molecule has 1 fully saturated rings. The van der Waals surface area contributed by atoms with E-state index in [2.05, 4.69) is 5.32 Å². The summed E-state index contributed by atoms with van der Waals surface area (Å²) in [4.78, 5) is 12.1. The molecular formula is C13H20N2O2. The Labute approximate surface area is 102 Å². The molecule has 0 radical (unpaired) electrons. The fourth-order valence-corrected chi connectivity index (χ4v) is 2.44. The van der Waals surface area contributed by atoms with Crippen LogP contribution in [0.25, 0.3) is 0 Å². The second-order valence-corrected chi connectivity index (χ2v) is 4.86. The highest BCUT2D eigenvalue weighted by Gasteiger charge is 2.24. The summed E-state index contributed by atoms with van der Waals surface area (Å²) >= 11 is 0. The fraction of sp³-hybridized carbons (Fsp3) is 0.615. The van der Waals surface area contributed by atoms with Crippen LogP contribution in [0.3, 0.4) is 0 Å². The van der Waals surface area contributed by atoms with Crippen LogP contribution < -0.4 is 11.1 Å². The first-order valence-electron chi connectivity index (χ1n) is 6.21. The molecule has 2 rings (SSSR count). The third-order valence-electron chi connectivity index (χ3n) is 3.42. The minimum absolute atomic E-state index is 0.0679. The Morgan fingerprint density at radius 3 is 2.71 bits per heavy atom. The van der Waals surface area contributed by atoms with Crippen molar-refractivity contribution in [2.45, 2.75) is 51.6 Å². The van der Waals surface area contributed by atoms with Crippen LogP contribution >= 0.6 is 0 Å². The zero-order chi connectivity index (χ0) is 12.4. The van der Waals surface area contributed by atoms with E-state index >= 15 is 0 Å². The second kappa shape index (κ2) is 4.92. The maximum absolute atomic E-state index is 12.1. The molecular weight excluding hydrogens is 216 g/mol. The van der Waals surface area contributed by atoms with Gasteiger partial charge in [-0.3, -0.25) is 4.79 Å². The van der Waals surface area contributed by atoms with Crippen LogP contribution in [0, 0.1) is 13.8 Å². The number of hydrogen-bond donors (Lipinski definition) is 2. The number of carbonyl (C=O) groups is 1. The Morgan fingerprint density at radius 1 is 1.41 bits per heavy atom. The molecule has 4 heteroatoms. The van der Waals surface area contributed by atoms with E-state index in [0.29, 0.717) is 11.3 Å². The van der Waals surface area contributed by atoms with Gasteiger partial charge in [-0.15, -0.1) is 0 Å². The smallest absolute Gasteiger partial charge is 0.255 e. The Kier molecular flexibility index (Phi) is 3.52. The molecule has 2 unspecified atom stereocenters. The number of amides is 1. The zero-order valence-electron chi connectivity index (χ0n) is 10.5. The minimum atomic E-state index is -0.0679. The van der Waals surface area contributed by atoms with E-state index in [0.717, 1.165) is 31.4 Å². The topological polar surface area (TPSA) is 68.3 Å². The molecule has 0 aliphatic heterocycles. The van der Waals surface area contributed by atoms with Gasteiger partial charge in [-0.05, 0) is 32.8 Å². The molecule has 1 aliphatic carbocycles. The molecule has 4 nitrogen and oxygen atoms in total. The molecule has 1 aliphatic rings. The van der Waals surface area contributed by atoms with Crippen molar-refractivity contribution in [1.29, 1.82) is 0 Å². The minimum Gasteiger partial charge on any atom is -0.466 e. The zero-order valence-corrected chi connectivity index (χ0v) is 10.5. The number of nitrogens with two attached hydrogens (primary N) is 1. The lowest BCUT2D eigenvalue weighted by Crippen LogP contribution is -2.49. The second-order valence-electron chi connectivity index (χ2n) is 4.86. The molecule has 0 spiro atoms. The molecule has 1 aromatic rings. The van der Waals surface area contributed by atoms with Gasteiger partial charge in [0.25, 0.3) is 5.91 Å². The third kappa shape index (κ3) is 2.69. The van der Waals surface area contributed by atoms with E-state index in [1.165, 1.54) is 0 Å². The van der Waals surface area contributed by atoms with Crippen molar-refractivity contribution in [3.8, 4) is 0 Å². The number of rotatable bonds is 2.